The predicted octanol–water partition coefficient (Wildman–Crippen LogP) is 3.28. The molecular formula is C15H32O3. The Morgan fingerprint density at radius 1 is 0.889 bits per heavy atom. The van der Waals surface area contributed by atoms with Gasteiger partial charge in [-0.05, 0) is 12.8 Å². The van der Waals surface area contributed by atoms with Gasteiger partial charge >= 0.3 is 0 Å². The Bertz CT molecular complexity index is 162. The maximum Gasteiger partial charge on any atom is 0.100 e. The molecule has 0 aromatic carbocycles. The minimum atomic E-state index is -0.727. The molecule has 0 aliphatic heterocycles. The summed E-state index contributed by atoms with van der Waals surface area (Å²) >= 11 is 0. The van der Waals surface area contributed by atoms with Gasteiger partial charge in [0.2, 0.25) is 0 Å². The molecule has 0 aliphatic carbocycles. The largest absolute Gasteiger partial charge is 0.394 e. The highest BCUT2D eigenvalue weighted by Crippen LogP contribution is 2.15. The summed E-state index contributed by atoms with van der Waals surface area (Å²) in [5, 5.41) is 18.1. The van der Waals surface area contributed by atoms with E-state index in [1.165, 1.54) is 44.9 Å². The van der Waals surface area contributed by atoms with Gasteiger partial charge in [-0.3, -0.25) is 0 Å². The second-order valence-corrected chi connectivity index (χ2v) is 5.14. The standard InChI is InChI=1S/C15H32O3/c1-3-5-7-9-11-15(10-8-6-4-2)18-13-14(17)12-16/h14-17H,3-13H2,1-2H3. The van der Waals surface area contributed by atoms with Crippen LogP contribution in [0.2, 0.25) is 0 Å². The average molecular weight is 260 g/mol. The summed E-state index contributed by atoms with van der Waals surface area (Å²) < 4.78 is 5.71. The number of hydrogen-bond acceptors (Lipinski definition) is 3. The highest BCUT2D eigenvalue weighted by molar-refractivity contribution is 4.61. The van der Waals surface area contributed by atoms with Gasteiger partial charge in [-0.15, -0.1) is 0 Å². The van der Waals surface area contributed by atoms with E-state index < -0.39 is 6.10 Å². The molecule has 0 aliphatic rings. The minimum absolute atomic E-state index is 0.211. The van der Waals surface area contributed by atoms with Crippen molar-refractivity contribution in [3.8, 4) is 0 Å². The summed E-state index contributed by atoms with van der Waals surface area (Å²) in [6.45, 7) is 4.47. The zero-order valence-electron chi connectivity index (χ0n) is 12.2. The zero-order valence-corrected chi connectivity index (χ0v) is 12.2. The number of aliphatic hydroxyl groups excluding tert-OH is 2. The van der Waals surface area contributed by atoms with E-state index in [4.69, 9.17) is 9.84 Å². The van der Waals surface area contributed by atoms with Crippen molar-refractivity contribution in [1.29, 1.82) is 0 Å². The SMILES string of the molecule is CCCCCCC(CCCCC)OCC(O)CO. The van der Waals surface area contributed by atoms with Crippen LogP contribution in [0.15, 0.2) is 0 Å². The fourth-order valence-corrected chi connectivity index (χ4v) is 2.03. The molecule has 0 amide bonds. The molecular weight excluding hydrogens is 228 g/mol. The molecule has 2 atom stereocenters. The molecule has 0 heterocycles. The summed E-state index contributed by atoms with van der Waals surface area (Å²) in [6.07, 6.45) is 10.4. The van der Waals surface area contributed by atoms with Crippen LogP contribution in [0.4, 0.5) is 0 Å². The number of hydrogen-bond donors (Lipinski definition) is 2. The zero-order chi connectivity index (χ0) is 13.6. The maximum absolute atomic E-state index is 9.31. The van der Waals surface area contributed by atoms with E-state index in [-0.39, 0.29) is 19.3 Å². The minimum Gasteiger partial charge on any atom is -0.394 e. The average Bonchev–Trinajstić information content (AvgIpc) is 2.39. The van der Waals surface area contributed by atoms with Crippen LogP contribution in [-0.2, 0) is 4.74 Å². The number of unbranched alkanes of at least 4 members (excludes halogenated alkanes) is 5. The van der Waals surface area contributed by atoms with E-state index in [0.717, 1.165) is 12.8 Å². The first-order valence-electron chi connectivity index (χ1n) is 7.65. The summed E-state index contributed by atoms with van der Waals surface area (Å²) in [5.74, 6) is 0. The lowest BCUT2D eigenvalue weighted by Gasteiger charge is -2.19. The number of aliphatic hydroxyl groups is 2. The smallest absolute Gasteiger partial charge is 0.100 e. The Morgan fingerprint density at radius 3 is 2.00 bits per heavy atom. The number of rotatable bonds is 13. The molecule has 3 nitrogen and oxygen atoms in total. The van der Waals surface area contributed by atoms with Gasteiger partial charge in [-0.25, -0.2) is 0 Å². The molecule has 0 spiro atoms. The lowest BCUT2D eigenvalue weighted by atomic mass is 10.0. The van der Waals surface area contributed by atoms with Gasteiger partial charge in [0.25, 0.3) is 0 Å². The van der Waals surface area contributed by atoms with Crippen molar-refractivity contribution in [3.05, 3.63) is 0 Å². The monoisotopic (exact) mass is 260 g/mol. The lowest BCUT2D eigenvalue weighted by molar-refractivity contribution is -0.0350. The van der Waals surface area contributed by atoms with E-state index in [0.29, 0.717) is 0 Å². The van der Waals surface area contributed by atoms with Crippen molar-refractivity contribution in [2.24, 2.45) is 0 Å². The topological polar surface area (TPSA) is 49.7 Å². The molecule has 0 aromatic rings. The quantitative estimate of drug-likeness (QED) is 0.500. The third-order valence-electron chi connectivity index (χ3n) is 3.24. The van der Waals surface area contributed by atoms with Gasteiger partial charge in [-0.2, -0.15) is 0 Å². The van der Waals surface area contributed by atoms with Crippen LogP contribution in [0.25, 0.3) is 0 Å². The van der Waals surface area contributed by atoms with Crippen molar-refractivity contribution in [2.45, 2.75) is 83.8 Å². The Morgan fingerprint density at radius 2 is 1.44 bits per heavy atom. The first-order chi connectivity index (χ1) is 8.74. The van der Waals surface area contributed by atoms with Crippen molar-refractivity contribution in [1.82, 2.24) is 0 Å². The first-order valence-corrected chi connectivity index (χ1v) is 7.65. The molecule has 18 heavy (non-hydrogen) atoms. The van der Waals surface area contributed by atoms with E-state index in [1.54, 1.807) is 0 Å². The first kappa shape index (κ1) is 17.9. The van der Waals surface area contributed by atoms with Gasteiger partial charge in [0.05, 0.1) is 19.3 Å². The van der Waals surface area contributed by atoms with Crippen LogP contribution in [0.3, 0.4) is 0 Å². The Balaban J connectivity index is 3.76. The van der Waals surface area contributed by atoms with Gasteiger partial charge in [0.1, 0.15) is 6.10 Å². The molecule has 3 heteroatoms. The summed E-state index contributed by atoms with van der Waals surface area (Å²) in [7, 11) is 0. The van der Waals surface area contributed by atoms with Crippen molar-refractivity contribution in [3.63, 3.8) is 0 Å². The van der Waals surface area contributed by atoms with Gasteiger partial charge in [0, 0.05) is 0 Å². The highest BCUT2D eigenvalue weighted by atomic mass is 16.5. The van der Waals surface area contributed by atoms with Gasteiger partial charge in [0.15, 0.2) is 0 Å². The molecule has 2 unspecified atom stereocenters. The lowest BCUT2D eigenvalue weighted by Crippen LogP contribution is -2.24. The second-order valence-electron chi connectivity index (χ2n) is 5.14. The van der Waals surface area contributed by atoms with Crippen LogP contribution in [-0.4, -0.2) is 35.6 Å². The van der Waals surface area contributed by atoms with Crippen molar-refractivity contribution < 1.29 is 14.9 Å². The molecule has 0 fully saturated rings. The molecule has 0 saturated carbocycles. The Hall–Kier alpha value is -0.120. The van der Waals surface area contributed by atoms with E-state index >= 15 is 0 Å². The molecule has 0 saturated heterocycles. The van der Waals surface area contributed by atoms with Crippen LogP contribution in [0, 0.1) is 0 Å². The summed E-state index contributed by atoms with van der Waals surface area (Å²) in [5.41, 5.74) is 0. The fourth-order valence-electron chi connectivity index (χ4n) is 2.03. The van der Waals surface area contributed by atoms with E-state index in [1.807, 2.05) is 0 Å². The maximum atomic E-state index is 9.31. The van der Waals surface area contributed by atoms with Gasteiger partial charge < -0.3 is 14.9 Å². The van der Waals surface area contributed by atoms with E-state index in [2.05, 4.69) is 13.8 Å². The Kier molecular flexibility index (Phi) is 13.2. The van der Waals surface area contributed by atoms with Crippen LogP contribution >= 0.6 is 0 Å². The van der Waals surface area contributed by atoms with Crippen molar-refractivity contribution in [2.75, 3.05) is 13.2 Å². The molecule has 110 valence electrons. The van der Waals surface area contributed by atoms with Crippen molar-refractivity contribution >= 4 is 0 Å². The third kappa shape index (κ3) is 11.0. The second kappa shape index (κ2) is 13.3. The molecule has 0 rings (SSSR count). The highest BCUT2D eigenvalue weighted by Gasteiger charge is 2.11. The van der Waals surface area contributed by atoms with Gasteiger partial charge in [-0.1, -0.05) is 58.8 Å². The van der Waals surface area contributed by atoms with E-state index in [9.17, 15) is 5.11 Å². The summed E-state index contributed by atoms with van der Waals surface area (Å²) in [4.78, 5) is 0. The molecule has 0 bridgehead atoms. The summed E-state index contributed by atoms with van der Waals surface area (Å²) in [6, 6.07) is 0. The number of ether oxygens (including phenoxy) is 1. The Labute approximate surface area is 113 Å². The third-order valence-corrected chi connectivity index (χ3v) is 3.24. The van der Waals surface area contributed by atoms with Crippen LogP contribution in [0.5, 0.6) is 0 Å². The van der Waals surface area contributed by atoms with Crippen LogP contribution in [0.1, 0.15) is 71.6 Å². The fraction of sp³-hybridized carbons (Fsp3) is 1.00. The van der Waals surface area contributed by atoms with Crippen LogP contribution < -0.4 is 0 Å². The molecule has 2 N–H and O–H groups in total. The molecule has 0 aromatic heterocycles. The normalized spacial score (nSPS) is 14.7. The molecule has 0 radical (unpaired) electrons. The predicted molar refractivity (Wildman–Crippen MR) is 75.7 cm³/mol.